The highest BCUT2D eigenvalue weighted by molar-refractivity contribution is 9.10. The number of halogens is 1. The Balaban J connectivity index is 2.07. The number of hydrogen-bond donors (Lipinski definition) is 0. The summed E-state index contributed by atoms with van der Waals surface area (Å²) in [7, 11) is 0. The van der Waals surface area contributed by atoms with Crippen LogP contribution in [0.2, 0.25) is 0 Å². The van der Waals surface area contributed by atoms with Crippen LogP contribution in [0, 0.1) is 0 Å². The van der Waals surface area contributed by atoms with Gasteiger partial charge in [-0.05, 0) is 37.1 Å². The van der Waals surface area contributed by atoms with E-state index >= 15 is 0 Å². The van der Waals surface area contributed by atoms with Crippen molar-refractivity contribution in [3.05, 3.63) is 52.1 Å². The molecule has 0 radical (unpaired) electrons. The van der Waals surface area contributed by atoms with Gasteiger partial charge in [0.2, 0.25) is 0 Å². The molecule has 1 aromatic carbocycles. The third-order valence-corrected chi connectivity index (χ3v) is 3.71. The van der Waals surface area contributed by atoms with Gasteiger partial charge in [-0.15, -0.1) is 0 Å². The molecule has 0 unspecified atom stereocenters. The average molecular weight is 302 g/mol. The smallest absolute Gasteiger partial charge is 0.164 e. The van der Waals surface area contributed by atoms with Gasteiger partial charge in [0.15, 0.2) is 5.78 Å². The van der Waals surface area contributed by atoms with Gasteiger partial charge in [0.1, 0.15) is 0 Å². The fraction of sp³-hybridized carbons (Fsp3) is 0.200. The van der Waals surface area contributed by atoms with Crippen molar-refractivity contribution in [1.29, 1.82) is 0 Å². The molecule has 0 aliphatic heterocycles. The lowest BCUT2D eigenvalue weighted by Crippen LogP contribution is -2.12. The molecule has 0 fully saturated rings. The number of nitrogens with zero attached hydrogens (tertiary/aromatic N) is 1. The molecular formula is C15H12BrNO. The van der Waals surface area contributed by atoms with E-state index in [1.807, 2.05) is 36.4 Å². The van der Waals surface area contributed by atoms with Crippen molar-refractivity contribution in [2.45, 2.75) is 19.3 Å². The molecule has 1 aliphatic carbocycles. The molecule has 0 saturated carbocycles. The minimum Gasteiger partial charge on any atom is -0.294 e. The van der Waals surface area contributed by atoms with E-state index in [1.165, 1.54) is 0 Å². The first-order valence-corrected chi connectivity index (χ1v) is 6.82. The molecule has 0 amide bonds. The molecule has 18 heavy (non-hydrogen) atoms. The number of aryl methyl sites for hydroxylation is 1. The molecule has 0 saturated heterocycles. The molecule has 1 aliphatic rings. The van der Waals surface area contributed by atoms with Crippen molar-refractivity contribution in [1.82, 2.24) is 4.98 Å². The predicted molar refractivity (Wildman–Crippen MR) is 74.6 cm³/mol. The zero-order valence-corrected chi connectivity index (χ0v) is 11.4. The minimum absolute atomic E-state index is 0.226. The maximum absolute atomic E-state index is 11.7. The Bertz CT molecular complexity index is 622. The maximum Gasteiger partial charge on any atom is 0.164 e. The fourth-order valence-electron chi connectivity index (χ4n) is 2.31. The second-order valence-electron chi connectivity index (χ2n) is 4.48. The predicted octanol–water partition coefficient (Wildman–Crippen LogP) is 4.03. The van der Waals surface area contributed by atoms with Crippen LogP contribution in [-0.2, 0) is 6.42 Å². The first kappa shape index (κ1) is 11.6. The van der Waals surface area contributed by atoms with Crippen molar-refractivity contribution >= 4 is 21.7 Å². The molecule has 2 nitrogen and oxygen atoms in total. The number of ketones is 1. The van der Waals surface area contributed by atoms with Crippen molar-refractivity contribution in [2.24, 2.45) is 0 Å². The summed E-state index contributed by atoms with van der Waals surface area (Å²) in [5.41, 5.74) is 3.76. The molecular weight excluding hydrogens is 290 g/mol. The Labute approximate surface area is 114 Å². The topological polar surface area (TPSA) is 30.0 Å². The van der Waals surface area contributed by atoms with E-state index in [0.717, 1.165) is 39.8 Å². The quantitative estimate of drug-likeness (QED) is 0.796. The van der Waals surface area contributed by atoms with Crippen LogP contribution in [0.4, 0.5) is 0 Å². The van der Waals surface area contributed by atoms with Crippen LogP contribution >= 0.6 is 15.9 Å². The van der Waals surface area contributed by atoms with Gasteiger partial charge in [0.05, 0.1) is 11.4 Å². The summed E-state index contributed by atoms with van der Waals surface area (Å²) in [4.78, 5) is 16.4. The van der Waals surface area contributed by atoms with E-state index in [2.05, 4.69) is 20.9 Å². The zero-order chi connectivity index (χ0) is 12.5. The standard InChI is InChI=1S/C15H12BrNO/c16-11-4-1-3-10(9-11)13-8-7-12-14(17-13)5-2-6-15(12)18/h1,3-4,7-9H,2,5-6H2. The Morgan fingerprint density at radius 3 is 2.83 bits per heavy atom. The number of fused-ring (bicyclic) bond motifs is 1. The minimum atomic E-state index is 0.226. The summed E-state index contributed by atoms with van der Waals surface area (Å²) in [6.07, 6.45) is 2.48. The number of hydrogen-bond acceptors (Lipinski definition) is 2. The highest BCUT2D eigenvalue weighted by Gasteiger charge is 2.18. The van der Waals surface area contributed by atoms with Gasteiger partial charge < -0.3 is 0 Å². The number of benzene rings is 1. The Hall–Kier alpha value is -1.48. The monoisotopic (exact) mass is 301 g/mol. The zero-order valence-electron chi connectivity index (χ0n) is 9.82. The number of pyridine rings is 1. The fourth-order valence-corrected chi connectivity index (χ4v) is 2.70. The highest BCUT2D eigenvalue weighted by atomic mass is 79.9. The number of rotatable bonds is 1. The first-order chi connectivity index (χ1) is 8.74. The van der Waals surface area contributed by atoms with Crippen LogP contribution in [0.3, 0.4) is 0 Å². The van der Waals surface area contributed by atoms with Crippen molar-refractivity contribution in [3.8, 4) is 11.3 Å². The van der Waals surface area contributed by atoms with Gasteiger partial charge in [-0.3, -0.25) is 9.78 Å². The molecule has 0 N–H and O–H groups in total. The summed E-state index contributed by atoms with van der Waals surface area (Å²) in [6, 6.07) is 11.9. The molecule has 90 valence electrons. The van der Waals surface area contributed by atoms with Gasteiger partial charge in [0.25, 0.3) is 0 Å². The van der Waals surface area contributed by atoms with Gasteiger partial charge in [-0.1, -0.05) is 28.1 Å². The molecule has 3 heteroatoms. The van der Waals surface area contributed by atoms with Crippen molar-refractivity contribution in [3.63, 3.8) is 0 Å². The van der Waals surface area contributed by atoms with Gasteiger partial charge >= 0.3 is 0 Å². The van der Waals surface area contributed by atoms with Crippen molar-refractivity contribution in [2.75, 3.05) is 0 Å². The third kappa shape index (κ3) is 2.10. The van der Waals surface area contributed by atoms with Crippen LogP contribution in [0.25, 0.3) is 11.3 Å². The normalized spacial score (nSPS) is 14.4. The van der Waals surface area contributed by atoms with Crippen LogP contribution < -0.4 is 0 Å². The number of Topliss-reactive ketones (excluding diaryl/α,β-unsaturated/α-hetero) is 1. The second-order valence-corrected chi connectivity index (χ2v) is 5.39. The molecule has 1 aromatic heterocycles. The average Bonchev–Trinajstić information content (AvgIpc) is 2.39. The summed E-state index contributed by atoms with van der Waals surface area (Å²) in [5, 5.41) is 0. The van der Waals surface area contributed by atoms with E-state index < -0.39 is 0 Å². The lowest BCUT2D eigenvalue weighted by Gasteiger charge is -2.14. The SMILES string of the molecule is O=C1CCCc2nc(-c3cccc(Br)c3)ccc21. The summed E-state index contributed by atoms with van der Waals surface area (Å²) >= 11 is 3.46. The third-order valence-electron chi connectivity index (χ3n) is 3.21. The van der Waals surface area contributed by atoms with E-state index in [-0.39, 0.29) is 5.78 Å². The first-order valence-electron chi connectivity index (χ1n) is 6.03. The van der Waals surface area contributed by atoms with E-state index in [1.54, 1.807) is 0 Å². The lowest BCUT2D eigenvalue weighted by atomic mass is 9.94. The Kier molecular flexibility index (Phi) is 3.00. The van der Waals surface area contributed by atoms with Crippen LogP contribution in [-0.4, -0.2) is 10.8 Å². The lowest BCUT2D eigenvalue weighted by molar-refractivity contribution is 0.0971. The molecule has 3 rings (SSSR count). The number of carbonyl (C=O) groups excluding carboxylic acids is 1. The van der Waals surface area contributed by atoms with Gasteiger partial charge in [-0.2, -0.15) is 0 Å². The largest absolute Gasteiger partial charge is 0.294 e. The van der Waals surface area contributed by atoms with Crippen LogP contribution in [0.5, 0.6) is 0 Å². The summed E-state index contributed by atoms with van der Waals surface area (Å²) in [6.45, 7) is 0. The molecule has 0 atom stereocenters. The molecule has 1 heterocycles. The summed E-state index contributed by atoms with van der Waals surface area (Å²) < 4.78 is 1.04. The van der Waals surface area contributed by atoms with E-state index in [9.17, 15) is 4.79 Å². The second kappa shape index (κ2) is 4.65. The van der Waals surface area contributed by atoms with E-state index in [0.29, 0.717) is 6.42 Å². The maximum atomic E-state index is 11.7. The van der Waals surface area contributed by atoms with Crippen LogP contribution in [0.1, 0.15) is 28.9 Å². The summed E-state index contributed by atoms with van der Waals surface area (Å²) in [5.74, 6) is 0.226. The molecule has 0 bridgehead atoms. The number of carbonyl (C=O) groups is 1. The van der Waals surface area contributed by atoms with Crippen LogP contribution in [0.15, 0.2) is 40.9 Å². The number of aromatic nitrogens is 1. The molecule has 0 spiro atoms. The molecule has 2 aromatic rings. The van der Waals surface area contributed by atoms with E-state index in [4.69, 9.17) is 0 Å². The Morgan fingerprint density at radius 2 is 2.00 bits per heavy atom. The van der Waals surface area contributed by atoms with Crippen molar-refractivity contribution < 1.29 is 4.79 Å². The van der Waals surface area contributed by atoms with Gasteiger partial charge in [-0.25, -0.2) is 0 Å². The highest BCUT2D eigenvalue weighted by Crippen LogP contribution is 2.25. The Morgan fingerprint density at radius 1 is 1.11 bits per heavy atom. The van der Waals surface area contributed by atoms with Gasteiger partial charge in [0, 0.05) is 22.0 Å².